The molecule has 4 N–H and O–H groups in total. The molecule has 1 rings (SSSR count). The summed E-state index contributed by atoms with van der Waals surface area (Å²) in [6.07, 6.45) is -4.86. The lowest BCUT2D eigenvalue weighted by Crippen LogP contribution is -2.22. The van der Waals surface area contributed by atoms with Gasteiger partial charge in [0.1, 0.15) is 5.69 Å². The number of ether oxygens (including phenoxy) is 1. The predicted octanol–water partition coefficient (Wildman–Crippen LogP) is 2.91. The van der Waals surface area contributed by atoms with Crippen LogP contribution in [0.25, 0.3) is 0 Å². The van der Waals surface area contributed by atoms with Gasteiger partial charge in [0.15, 0.2) is 11.7 Å². The maximum absolute atomic E-state index is 12.1. The molecule has 1 aromatic carbocycles. The summed E-state index contributed by atoms with van der Waals surface area (Å²) in [6, 6.07) is 2.30. The molecule has 0 bridgehead atoms. The summed E-state index contributed by atoms with van der Waals surface area (Å²) in [5.74, 6) is -0.995. The van der Waals surface area contributed by atoms with Crippen molar-refractivity contribution in [2.24, 2.45) is 16.5 Å². The van der Waals surface area contributed by atoms with Crippen molar-refractivity contribution in [3.8, 4) is 5.75 Å². The smallest absolute Gasteiger partial charge is 0.403 e. The molecule has 0 aromatic heterocycles. The van der Waals surface area contributed by atoms with Gasteiger partial charge in [-0.3, -0.25) is 0 Å². The Balaban J connectivity index is 3.30. The van der Waals surface area contributed by atoms with Crippen molar-refractivity contribution < 1.29 is 17.9 Å². The van der Waals surface area contributed by atoms with Crippen molar-refractivity contribution in [2.45, 2.75) is 6.36 Å². The van der Waals surface area contributed by atoms with Gasteiger partial charge in [0.2, 0.25) is 0 Å². The Bertz CT molecular complexity index is 460. The zero-order chi connectivity index (χ0) is 13.2. The van der Waals surface area contributed by atoms with Gasteiger partial charge in [0.25, 0.3) is 0 Å². The molecular formula is C8H6BrClF3N3O. The van der Waals surface area contributed by atoms with Crippen LogP contribution in [0.5, 0.6) is 5.75 Å². The van der Waals surface area contributed by atoms with Crippen molar-refractivity contribution in [1.29, 1.82) is 0 Å². The number of halogens is 5. The van der Waals surface area contributed by atoms with Gasteiger partial charge in [-0.15, -0.1) is 13.2 Å². The highest BCUT2D eigenvalue weighted by Gasteiger charge is 2.32. The van der Waals surface area contributed by atoms with E-state index in [1.54, 1.807) is 0 Å². The van der Waals surface area contributed by atoms with E-state index in [-0.39, 0.29) is 15.2 Å². The fourth-order valence-electron chi connectivity index (χ4n) is 0.982. The highest BCUT2D eigenvalue weighted by Crippen LogP contribution is 2.40. The first-order valence-electron chi connectivity index (χ1n) is 4.03. The number of guanidine groups is 1. The summed E-state index contributed by atoms with van der Waals surface area (Å²) >= 11 is 8.58. The van der Waals surface area contributed by atoms with Crippen LogP contribution in [0.3, 0.4) is 0 Å². The van der Waals surface area contributed by atoms with Crippen LogP contribution in [0.1, 0.15) is 0 Å². The molecule has 0 atom stereocenters. The molecule has 94 valence electrons. The molecule has 0 aliphatic carbocycles. The van der Waals surface area contributed by atoms with E-state index in [1.165, 1.54) is 6.07 Å². The largest absolute Gasteiger partial charge is 0.573 e. The maximum Gasteiger partial charge on any atom is 0.573 e. The third kappa shape index (κ3) is 4.31. The SMILES string of the molecule is NC(N)=Nc1c(Br)cc(Cl)cc1OC(F)(F)F. The van der Waals surface area contributed by atoms with E-state index in [1.807, 2.05) is 0 Å². The third-order valence-electron chi connectivity index (χ3n) is 1.46. The number of rotatable bonds is 2. The van der Waals surface area contributed by atoms with E-state index in [0.29, 0.717) is 0 Å². The Hall–Kier alpha value is -1.15. The number of hydrogen-bond acceptors (Lipinski definition) is 2. The van der Waals surface area contributed by atoms with Gasteiger partial charge >= 0.3 is 6.36 Å². The molecule has 17 heavy (non-hydrogen) atoms. The van der Waals surface area contributed by atoms with Gasteiger partial charge in [-0.1, -0.05) is 11.6 Å². The fourth-order valence-corrected chi connectivity index (χ4v) is 1.85. The highest BCUT2D eigenvalue weighted by molar-refractivity contribution is 9.10. The van der Waals surface area contributed by atoms with Gasteiger partial charge < -0.3 is 16.2 Å². The van der Waals surface area contributed by atoms with Crippen LogP contribution >= 0.6 is 27.5 Å². The second-order valence-corrected chi connectivity index (χ2v) is 4.11. The Labute approximate surface area is 108 Å². The average molecular weight is 333 g/mol. The molecule has 9 heteroatoms. The number of nitrogens with two attached hydrogens (primary N) is 2. The van der Waals surface area contributed by atoms with Crippen LogP contribution in [0, 0.1) is 0 Å². The van der Waals surface area contributed by atoms with Crippen molar-refractivity contribution >= 4 is 39.2 Å². The zero-order valence-electron chi connectivity index (χ0n) is 8.05. The van der Waals surface area contributed by atoms with E-state index in [4.69, 9.17) is 23.1 Å². The first-order valence-corrected chi connectivity index (χ1v) is 5.20. The topological polar surface area (TPSA) is 73.6 Å². The molecule has 0 radical (unpaired) electrons. The Morgan fingerprint density at radius 2 is 1.94 bits per heavy atom. The van der Waals surface area contributed by atoms with Crippen LogP contribution < -0.4 is 16.2 Å². The van der Waals surface area contributed by atoms with Gasteiger partial charge in [-0.25, -0.2) is 4.99 Å². The molecule has 0 aliphatic rings. The highest BCUT2D eigenvalue weighted by atomic mass is 79.9. The number of aliphatic imine (C=N–C) groups is 1. The molecule has 0 fully saturated rings. The lowest BCUT2D eigenvalue weighted by atomic mass is 10.3. The summed E-state index contributed by atoms with van der Waals surface area (Å²) in [5, 5.41) is 0.0469. The van der Waals surface area contributed by atoms with Crippen molar-refractivity contribution in [3.05, 3.63) is 21.6 Å². The van der Waals surface area contributed by atoms with E-state index in [0.717, 1.165) is 6.07 Å². The summed E-state index contributed by atoms with van der Waals surface area (Å²) in [7, 11) is 0. The summed E-state index contributed by atoms with van der Waals surface area (Å²) in [4.78, 5) is 3.53. The van der Waals surface area contributed by atoms with Crippen molar-refractivity contribution in [3.63, 3.8) is 0 Å². The number of alkyl halides is 3. The normalized spacial score (nSPS) is 11.1. The van der Waals surface area contributed by atoms with E-state index < -0.39 is 18.1 Å². The second kappa shape index (κ2) is 5.01. The average Bonchev–Trinajstić information content (AvgIpc) is 2.07. The quantitative estimate of drug-likeness (QED) is 0.646. The van der Waals surface area contributed by atoms with Gasteiger partial charge in [-0.05, 0) is 22.0 Å². The minimum absolute atomic E-state index is 0.0469. The van der Waals surface area contributed by atoms with Crippen LogP contribution in [0.2, 0.25) is 5.02 Å². The maximum atomic E-state index is 12.1. The Morgan fingerprint density at radius 1 is 1.35 bits per heavy atom. The summed E-state index contributed by atoms with van der Waals surface area (Å²) in [6.45, 7) is 0. The van der Waals surface area contributed by atoms with Crippen LogP contribution in [-0.2, 0) is 0 Å². The minimum atomic E-state index is -4.86. The monoisotopic (exact) mass is 331 g/mol. The van der Waals surface area contributed by atoms with Crippen molar-refractivity contribution in [1.82, 2.24) is 0 Å². The van der Waals surface area contributed by atoms with E-state index in [9.17, 15) is 13.2 Å². The molecule has 4 nitrogen and oxygen atoms in total. The lowest BCUT2D eigenvalue weighted by molar-refractivity contribution is -0.274. The Morgan fingerprint density at radius 3 is 2.41 bits per heavy atom. The van der Waals surface area contributed by atoms with E-state index in [2.05, 4.69) is 25.7 Å². The van der Waals surface area contributed by atoms with Crippen LogP contribution in [-0.4, -0.2) is 12.3 Å². The van der Waals surface area contributed by atoms with Crippen LogP contribution in [0.15, 0.2) is 21.6 Å². The van der Waals surface area contributed by atoms with E-state index >= 15 is 0 Å². The number of benzene rings is 1. The van der Waals surface area contributed by atoms with Gasteiger partial charge in [0.05, 0.1) is 0 Å². The molecule has 0 amide bonds. The fraction of sp³-hybridized carbons (Fsp3) is 0.125. The first kappa shape index (κ1) is 13.9. The molecule has 0 saturated heterocycles. The number of nitrogens with zero attached hydrogens (tertiary/aromatic N) is 1. The zero-order valence-corrected chi connectivity index (χ0v) is 10.4. The summed E-state index contributed by atoms with van der Waals surface area (Å²) < 4.78 is 40.3. The lowest BCUT2D eigenvalue weighted by Gasteiger charge is -2.12. The third-order valence-corrected chi connectivity index (χ3v) is 2.28. The Kier molecular flexibility index (Phi) is 4.10. The molecule has 0 heterocycles. The molecule has 0 unspecified atom stereocenters. The van der Waals surface area contributed by atoms with Crippen LogP contribution in [0.4, 0.5) is 18.9 Å². The predicted molar refractivity (Wildman–Crippen MR) is 61.3 cm³/mol. The molecule has 0 saturated carbocycles. The summed E-state index contributed by atoms with van der Waals surface area (Å²) in [5.41, 5.74) is 10.0. The first-order chi connectivity index (χ1) is 7.69. The van der Waals surface area contributed by atoms with Gasteiger partial charge in [0, 0.05) is 15.6 Å². The minimum Gasteiger partial charge on any atom is -0.403 e. The molecule has 0 aliphatic heterocycles. The second-order valence-electron chi connectivity index (χ2n) is 2.82. The number of hydrogen-bond donors (Lipinski definition) is 2. The van der Waals surface area contributed by atoms with Gasteiger partial charge in [-0.2, -0.15) is 0 Å². The molecular weight excluding hydrogens is 326 g/mol. The standard InChI is InChI=1S/C8H6BrClF3N3O/c9-4-1-3(10)2-5(17-8(11,12)13)6(4)16-7(14)15/h1-2H,(H4,14,15,16). The molecule has 1 aromatic rings. The molecule has 0 spiro atoms. The van der Waals surface area contributed by atoms with Crippen molar-refractivity contribution in [2.75, 3.05) is 0 Å².